The van der Waals surface area contributed by atoms with Crippen LogP contribution in [0.4, 0.5) is 0 Å². The van der Waals surface area contributed by atoms with E-state index in [1.807, 2.05) is 39.1 Å². The first-order valence-corrected chi connectivity index (χ1v) is 7.00. The molecule has 0 atom stereocenters. The van der Waals surface area contributed by atoms with Crippen molar-refractivity contribution >= 4 is 11.5 Å². The highest BCUT2D eigenvalue weighted by atomic mass is 16.5. The monoisotopic (exact) mass is 300 g/mol. The van der Waals surface area contributed by atoms with Gasteiger partial charge in [0.05, 0.1) is 24.6 Å². The third-order valence-corrected chi connectivity index (χ3v) is 3.61. The number of allylic oxidation sites excluding steroid dienone is 1. The summed E-state index contributed by atoms with van der Waals surface area (Å²) in [6.45, 7) is 5.66. The Morgan fingerprint density at radius 2 is 2.00 bits per heavy atom. The smallest absolute Gasteiger partial charge is 0.338 e. The maximum absolute atomic E-state index is 12.0. The molecule has 0 fully saturated rings. The second-order valence-electron chi connectivity index (χ2n) is 4.96. The third kappa shape index (κ3) is 2.88. The molecule has 0 spiro atoms. The summed E-state index contributed by atoms with van der Waals surface area (Å²) in [7, 11) is 3.22. The highest BCUT2D eigenvalue weighted by Gasteiger charge is 2.19. The minimum absolute atomic E-state index is 0.385. The first-order chi connectivity index (χ1) is 10.5. The summed E-state index contributed by atoms with van der Waals surface area (Å²) < 4.78 is 12.6. The van der Waals surface area contributed by atoms with Crippen molar-refractivity contribution in [3.63, 3.8) is 0 Å². The van der Waals surface area contributed by atoms with E-state index >= 15 is 0 Å². The van der Waals surface area contributed by atoms with Crippen LogP contribution >= 0.6 is 0 Å². The average Bonchev–Trinajstić information content (AvgIpc) is 2.82. The summed E-state index contributed by atoms with van der Waals surface area (Å²) in [6.07, 6.45) is 3.39. The van der Waals surface area contributed by atoms with Gasteiger partial charge in [-0.1, -0.05) is 18.2 Å². The summed E-state index contributed by atoms with van der Waals surface area (Å²) in [5.74, 6) is 0.883. The Morgan fingerprint density at radius 3 is 2.55 bits per heavy atom. The summed E-state index contributed by atoms with van der Waals surface area (Å²) in [5.41, 5.74) is 3.07. The van der Waals surface area contributed by atoms with E-state index in [4.69, 9.17) is 9.47 Å². The molecule has 0 aliphatic heterocycles. The normalized spacial score (nSPS) is 11.4. The lowest BCUT2D eigenvalue weighted by Crippen LogP contribution is -2.06. The standard InChI is InChI=1S/C17H20N2O3/c1-6-13(17(20)21-5)16-11(2)8-7-9-14(16)22-15-10-18-19(4)12(15)3/h6-10H,1-5H3/b13-6-. The lowest BCUT2D eigenvalue weighted by atomic mass is 9.99. The van der Waals surface area contributed by atoms with Gasteiger partial charge < -0.3 is 9.47 Å². The molecule has 2 rings (SSSR count). The predicted octanol–water partition coefficient (Wildman–Crippen LogP) is 3.41. The highest BCUT2D eigenvalue weighted by Crippen LogP contribution is 2.34. The highest BCUT2D eigenvalue weighted by molar-refractivity contribution is 6.17. The molecule has 0 amide bonds. The van der Waals surface area contributed by atoms with Gasteiger partial charge in [-0.3, -0.25) is 4.68 Å². The van der Waals surface area contributed by atoms with Crippen LogP contribution in [0, 0.1) is 13.8 Å². The van der Waals surface area contributed by atoms with Crippen LogP contribution in [0.25, 0.3) is 5.57 Å². The van der Waals surface area contributed by atoms with E-state index < -0.39 is 0 Å². The maximum Gasteiger partial charge on any atom is 0.338 e. The molecule has 0 radical (unpaired) electrons. The van der Waals surface area contributed by atoms with E-state index in [9.17, 15) is 4.79 Å². The van der Waals surface area contributed by atoms with Crippen molar-refractivity contribution in [1.82, 2.24) is 9.78 Å². The molecule has 0 bridgehead atoms. The SMILES string of the molecule is C/C=C(\C(=O)OC)c1c(C)cccc1Oc1cnn(C)c1C. The van der Waals surface area contributed by atoms with Gasteiger partial charge in [-0.15, -0.1) is 0 Å². The first-order valence-electron chi connectivity index (χ1n) is 7.00. The van der Waals surface area contributed by atoms with Gasteiger partial charge in [0.1, 0.15) is 5.75 Å². The number of rotatable bonds is 4. The Hall–Kier alpha value is -2.56. The van der Waals surface area contributed by atoms with Crippen LogP contribution in [0.2, 0.25) is 0 Å². The molecule has 116 valence electrons. The van der Waals surface area contributed by atoms with E-state index in [1.54, 1.807) is 23.9 Å². The fourth-order valence-electron chi connectivity index (χ4n) is 2.24. The predicted molar refractivity (Wildman–Crippen MR) is 84.9 cm³/mol. The summed E-state index contributed by atoms with van der Waals surface area (Å²) >= 11 is 0. The van der Waals surface area contributed by atoms with Gasteiger partial charge in [0, 0.05) is 12.6 Å². The topological polar surface area (TPSA) is 53.4 Å². The minimum Gasteiger partial charge on any atom is -0.465 e. The number of carbonyl (C=O) groups excluding carboxylic acids is 1. The number of aryl methyl sites for hydroxylation is 2. The lowest BCUT2D eigenvalue weighted by molar-refractivity contribution is -0.133. The number of hydrogen-bond acceptors (Lipinski definition) is 4. The zero-order chi connectivity index (χ0) is 16.3. The van der Waals surface area contributed by atoms with Crippen molar-refractivity contribution in [3.05, 3.63) is 47.3 Å². The Kier molecular flexibility index (Phi) is 4.65. The second-order valence-corrected chi connectivity index (χ2v) is 4.96. The molecule has 0 unspecified atom stereocenters. The average molecular weight is 300 g/mol. The van der Waals surface area contributed by atoms with Crippen LogP contribution in [0.5, 0.6) is 11.5 Å². The molecule has 0 aliphatic rings. The summed E-state index contributed by atoms with van der Waals surface area (Å²) in [6, 6.07) is 5.66. The zero-order valence-corrected chi connectivity index (χ0v) is 13.5. The van der Waals surface area contributed by atoms with Crippen LogP contribution in [0.15, 0.2) is 30.5 Å². The van der Waals surface area contributed by atoms with Gasteiger partial charge in [-0.2, -0.15) is 5.10 Å². The van der Waals surface area contributed by atoms with Crippen molar-refractivity contribution in [2.75, 3.05) is 7.11 Å². The molecule has 5 nitrogen and oxygen atoms in total. The molecule has 1 heterocycles. The van der Waals surface area contributed by atoms with E-state index in [2.05, 4.69) is 5.10 Å². The van der Waals surface area contributed by atoms with Crippen LogP contribution in [-0.4, -0.2) is 22.9 Å². The molecular weight excluding hydrogens is 280 g/mol. The zero-order valence-electron chi connectivity index (χ0n) is 13.5. The Bertz CT molecular complexity index is 730. The molecule has 22 heavy (non-hydrogen) atoms. The number of methoxy groups -OCH3 is 1. The molecule has 0 saturated carbocycles. The number of aromatic nitrogens is 2. The van der Waals surface area contributed by atoms with Crippen molar-refractivity contribution in [2.24, 2.45) is 7.05 Å². The molecule has 1 aromatic heterocycles. The summed E-state index contributed by atoms with van der Waals surface area (Å²) in [4.78, 5) is 12.0. The number of esters is 1. The Morgan fingerprint density at radius 1 is 1.27 bits per heavy atom. The van der Waals surface area contributed by atoms with Gasteiger partial charge in [0.25, 0.3) is 0 Å². The van der Waals surface area contributed by atoms with Crippen LogP contribution in [0.1, 0.15) is 23.7 Å². The van der Waals surface area contributed by atoms with E-state index in [0.29, 0.717) is 17.1 Å². The van der Waals surface area contributed by atoms with Crippen molar-refractivity contribution in [1.29, 1.82) is 0 Å². The van der Waals surface area contributed by atoms with Crippen LogP contribution < -0.4 is 4.74 Å². The van der Waals surface area contributed by atoms with Gasteiger partial charge in [-0.05, 0) is 32.4 Å². The molecule has 0 N–H and O–H groups in total. The largest absolute Gasteiger partial charge is 0.465 e. The number of ether oxygens (including phenoxy) is 2. The lowest BCUT2D eigenvalue weighted by Gasteiger charge is -2.15. The van der Waals surface area contributed by atoms with Crippen LogP contribution in [-0.2, 0) is 16.6 Å². The molecule has 0 saturated heterocycles. The van der Waals surface area contributed by atoms with Gasteiger partial charge in [-0.25, -0.2) is 4.79 Å². The minimum atomic E-state index is -0.385. The van der Waals surface area contributed by atoms with Crippen LogP contribution in [0.3, 0.4) is 0 Å². The van der Waals surface area contributed by atoms with E-state index in [0.717, 1.165) is 16.8 Å². The summed E-state index contributed by atoms with van der Waals surface area (Å²) in [5, 5.41) is 4.17. The van der Waals surface area contributed by atoms with Gasteiger partial charge >= 0.3 is 5.97 Å². The van der Waals surface area contributed by atoms with Crippen molar-refractivity contribution in [3.8, 4) is 11.5 Å². The number of hydrogen-bond donors (Lipinski definition) is 0. The van der Waals surface area contributed by atoms with Crippen molar-refractivity contribution < 1.29 is 14.3 Å². The van der Waals surface area contributed by atoms with Gasteiger partial charge in [0.2, 0.25) is 0 Å². The third-order valence-electron chi connectivity index (χ3n) is 3.61. The number of carbonyl (C=O) groups is 1. The maximum atomic E-state index is 12.0. The Labute approximate surface area is 130 Å². The fraction of sp³-hybridized carbons (Fsp3) is 0.294. The van der Waals surface area contributed by atoms with Gasteiger partial charge in [0.15, 0.2) is 5.75 Å². The molecule has 0 aliphatic carbocycles. The van der Waals surface area contributed by atoms with E-state index in [1.165, 1.54) is 7.11 Å². The molecule has 1 aromatic carbocycles. The molecule has 5 heteroatoms. The van der Waals surface area contributed by atoms with Crippen molar-refractivity contribution in [2.45, 2.75) is 20.8 Å². The molecule has 2 aromatic rings. The first kappa shape index (κ1) is 15.8. The second kappa shape index (κ2) is 6.47. The van der Waals surface area contributed by atoms with E-state index in [-0.39, 0.29) is 5.97 Å². The Balaban J connectivity index is 2.51. The fourth-order valence-corrected chi connectivity index (χ4v) is 2.24. The number of benzene rings is 1. The quantitative estimate of drug-likeness (QED) is 0.641. The molecular formula is C17H20N2O3. The number of nitrogens with zero attached hydrogens (tertiary/aromatic N) is 2.